The lowest BCUT2D eigenvalue weighted by atomic mass is 10.2. The van der Waals surface area contributed by atoms with E-state index >= 15 is 0 Å². The van der Waals surface area contributed by atoms with Crippen LogP contribution in [0.1, 0.15) is 5.56 Å². The van der Waals surface area contributed by atoms with Crippen LogP contribution in [0.2, 0.25) is 0 Å². The molecular weight excluding hydrogens is 285 g/mol. The molecule has 2 rings (SSSR count). The van der Waals surface area contributed by atoms with Crippen molar-refractivity contribution in [3.05, 3.63) is 58.3 Å². The van der Waals surface area contributed by atoms with Crippen LogP contribution >= 0.6 is 15.9 Å². The van der Waals surface area contributed by atoms with Gasteiger partial charge in [-0.1, -0.05) is 34.1 Å². The Balaban J connectivity index is 2.10. The van der Waals surface area contributed by atoms with Crippen molar-refractivity contribution >= 4 is 21.6 Å². The highest BCUT2D eigenvalue weighted by Crippen LogP contribution is 2.22. The molecule has 17 heavy (non-hydrogen) atoms. The monoisotopic (exact) mass is 295 g/mol. The number of halogens is 2. The highest BCUT2D eigenvalue weighted by Gasteiger charge is 2.05. The molecule has 0 fully saturated rings. The van der Waals surface area contributed by atoms with Gasteiger partial charge < -0.3 is 10.5 Å². The van der Waals surface area contributed by atoms with Crippen LogP contribution in [0.3, 0.4) is 0 Å². The Bertz CT molecular complexity index is 531. The van der Waals surface area contributed by atoms with Crippen molar-refractivity contribution in [3.63, 3.8) is 0 Å². The fourth-order valence-electron chi connectivity index (χ4n) is 1.41. The standard InChI is InChI=1S/C13H11BrFNO/c14-11-4-2-1-3-9(11)8-17-13-6-5-10(16)7-12(13)15/h1-7H,8,16H2. The van der Waals surface area contributed by atoms with Crippen molar-refractivity contribution < 1.29 is 9.13 Å². The van der Waals surface area contributed by atoms with Crippen LogP contribution in [0.25, 0.3) is 0 Å². The van der Waals surface area contributed by atoms with E-state index in [2.05, 4.69) is 15.9 Å². The maximum Gasteiger partial charge on any atom is 0.167 e. The number of ether oxygens (including phenoxy) is 1. The number of nitrogens with two attached hydrogens (primary N) is 1. The van der Waals surface area contributed by atoms with Crippen LogP contribution in [-0.4, -0.2) is 0 Å². The van der Waals surface area contributed by atoms with Gasteiger partial charge >= 0.3 is 0 Å². The summed E-state index contributed by atoms with van der Waals surface area (Å²) in [6.07, 6.45) is 0. The van der Waals surface area contributed by atoms with Crippen LogP contribution in [-0.2, 0) is 6.61 Å². The molecule has 2 aromatic carbocycles. The van der Waals surface area contributed by atoms with Gasteiger partial charge in [0.15, 0.2) is 11.6 Å². The van der Waals surface area contributed by atoms with E-state index in [1.54, 1.807) is 6.07 Å². The summed E-state index contributed by atoms with van der Waals surface area (Å²) in [5.74, 6) is -0.244. The van der Waals surface area contributed by atoms with Gasteiger partial charge in [-0.2, -0.15) is 0 Å². The zero-order valence-corrected chi connectivity index (χ0v) is 10.6. The van der Waals surface area contributed by atoms with Gasteiger partial charge in [0.2, 0.25) is 0 Å². The first kappa shape index (κ1) is 11.9. The third-order valence-electron chi connectivity index (χ3n) is 2.30. The Morgan fingerprint density at radius 1 is 1.18 bits per heavy atom. The molecule has 2 nitrogen and oxygen atoms in total. The molecule has 0 saturated carbocycles. The lowest BCUT2D eigenvalue weighted by molar-refractivity contribution is 0.290. The van der Waals surface area contributed by atoms with Crippen LogP contribution in [0.5, 0.6) is 5.75 Å². The number of benzene rings is 2. The van der Waals surface area contributed by atoms with Gasteiger partial charge in [-0.3, -0.25) is 0 Å². The molecule has 0 atom stereocenters. The number of hydrogen-bond donors (Lipinski definition) is 1. The molecular formula is C13H11BrFNO. The molecule has 0 aliphatic heterocycles. The second kappa shape index (κ2) is 5.19. The number of anilines is 1. The minimum Gasteiger partial charge on any atom is -0.486 e. The molecule has 0 aromatic heterocycles. The van der Waals surface area contributed by atoms with Crippen molar-refractivity contribution in [1.29, 1.82) is 0 Å². The number of hydrogen-bond acceptors (Lipinski definition) is 2. The van der Waals surface area contributed by atoms with E-state index < -0.39 is 5.82 Å². The summed E-state index contributed by atoms with van der Waals surface area (Å²) in [4.78, 5) is 0. The molecule has 0 radical (unpaired) electrons. The Morgan fingerprint density at radius 2 is 1.94 bits per heavy atom. The van der Waals surface area contributed by atoms with Gasteiger partial charge in [-0.05, 0) is 18.2 Å². The van der Waals surface area contributed by atoms with Crippen molar-refractivity contribution in [2.45, 2.75) is 6.61 Å². The molecule has 0 amide bonds. The molecule has 0 saturated heterocycles. The summed E-state index contributed by atoms with van der Waals surface area (Å²) in [5.41, 5.74) is 6.80. The Labute approximate surface area is 107 Å². The molecule has 0 bridgehead atoms. The zero-order chi connectivity index (χ0) is 12.3. The average molecular weight is 296 g/mol. The van der Waals surface area contributed by atoms with E-state index in [0.717, 1.165) is 10.0 Å². The fourth-order valence-corrected chi connectivity index (χ4v) is 1.80. The first-order valence-corrected chi connectivity index (χ1v) is 5.87. The SMILES string of the molecule is Nc1ccc(OCc2ccccc2Br)c(F)c1. The van der Waals surface area contributed by atoms with Crippen molar-refractivity contribution in [2.75, 3.05) is 5.73 Å². The van der Waals surface area contributed by atoms with E-state index in [-0.39, 0.29) is 5.75 Å². The molecule has 0 aliphatic rings. The van der Waals surface area contributed by atoms with E-state index in [1.165, 1.54) is 12.1 Å². The summed E-state index contributed by atoms with van der Waals surface area (Å²) in [6, 6.07) is 12.0. The maximum atomic E-state index is 13.4. The highest BCUT2D eigenvalue weighted by molar-refractivity contribution is 9.10. The van der Waals surface area contributed by atoms with E-state index in [1.807, 2.05) is 24.3 Å². The third-order valence-corrected chi connectivity index (χ3v) is 3.07. The summed E-state index contributed by atoms with van der Waals surface area (Å²) in [7, 11) is 0. The molecule has 0 heterocycles. The summed E-state index contributed by atoms with van der Waals surface area (Å²) in [5, 5.41) is 0. The van der Waals surface area contributed by atoms with Gasteiger partial charge in [0, 0.05) is 21.8 Å². The minimum atomic E-state index is -0.447. The average Bonchev–Trinajstić information content (AvgIpc) is 2.30. The van der Waals surface area contributed by atoms with Gasteiger partial charge in [-0.25, -0.2) is 4.39 Å². The van der Waals surface area contributed by atoms with Crippen LogP contribution in [0.15, 0.2) is 46.9 Å². The van der Waals surface area contributed by atoms with Crippen LogP contribution < -0.4 is 10.5 Å². The van der Waals surface area contributed by atoms with Crippen molar-refractivity contribution in [2.24, 2.45) is 0 Å². The summed E-state index contributed by atoms with van der Waals surface area (Å²) in [6.45, 7) is 0.308. The first-order valence-electron chi connectivity index (χ1n) is 5.08. The highest BCUT2D eigenvalue weighted by atomic mass is 79.9. The number of nitrogen functional groups attached to an aromatic ring is 1. The second-order valence-corrected chi connectivity index (χ2v) is 4.42. The van der Waals surface area contributed by atoms with Crippen molar-refractivity contribution in [3.8, 4) is 5.75 Å². The van der Waals surface area contributed by atoms with Gasteiger partial charge in [-0.15, -0.1) is 0 Å². The quantitative estimate of drug-likeness (QED) is 0.875. The number of rotatable bonds is 3. The lowest BCUT2D eigenvalue weighted by Crippen LogP contribution is -1.98. The smallest absolute Gasteiger partial charge is 0.167 e. The zero-order valence-electron chi connectivity index (χ0n) is 8.99. The fraction of sp³-hybridized carbons (Fsp3) is 0.0769. The topological polar surface area (TPSA) is 35.2 Å². The van der Waals surface area contributed by atoms with Crippen molar-refractivity contribution in [1.82, 2.24) is 0 Å². The lowest BCUT2D eigenvalue weighted by Gasteiger charge is -2.08. The largest absolute Gasteiger partial charge is 0.486 e. The van der Waals surface area contributed by atoms with Gasteiger partial charge in [0.05, 0.1) is 0 Å². The molecule has 0 spiro atoms. The van der Waals surface area contributed by atoms with E-state index in [4.69, 9.17) is 10.5 Å². The van der Waals surface area contributed by atoms with Gasteiger partial charge in [0.25, 0.3) is 0 Å². The molecule has 4 heteroatoms. The molecule has 2 aromatic rings. The normalized spacial score (nSPS) is 10.2. The van der Waals surface area contributed by atoms with Crippen LogP contribution in [0.4, 0.5) is 10.1 Å². The Morgan fingerprint density at radius 3 is 2.65 bits per heavy atom. The third kappa shape index (κ3) is 2.97. The summed E-state index contributed by atoms with van der Waals surface area (Å²) >= 11 is 3.41. The molecule has 88 valence electrons. The maximum absolute atomic E-state index is 13.4. The molecule has 2 N–H and O–H groups in total. The van der Waals surface area contributed by atoms with E-state index in [9.17, 15) is 4.39 Å². The predicted molar refractivity (Wildman–Crippen MR) is 69.3 cm³/mol. The molecule has 0 unspecified atom stereocenters. The second-order valence-electron chi connectivity index (χ2n) is 3.57. The van der Waals surface area contributed by atoms with E-state index in [0.29, 0.717) is 12.3 Å². The Hall–Kier alpha value is -1.55. The van der Waals surface area contributed by atoms with Crippen LogP contribution in [0, 0.1) is 5.82 Å². The molecule has 0 aliphatic carbocycles. The van der Waals surface area contributed by atoms with Gasteiger partial charge in [0.1, 0.15) is 6.61 Å². The first-order chi connectivity index (χ1) is 8.16. The summed E-state index contributed by atoms with van der Waals surface area (Å²) < 4.78 is 19.8. The Kier molecular flexibility index (Phi) is 3.64. The minimum absolute atomic E-state index is 0.204. The predicted octanol–water partition coefficient (Wildman–Crippen LogP) is 3.75.